The molecule has 0 fully saturated rings. The zero-order valence-corrected chi connectivity index (χ0v) is 11.9. The number of nitro groups is 1. The van der Waals surface area contributed by atoms with Crippen molar-refractivity contribution in [2.75, 3.05) is 13.1 Å². The Labute approximate surface area is 115 Å². The normalized spacial score (nSPS) is 10.4. The first kappa shape index (κ1) is 14.9. The highest BCUT2D eigenvalue weighted by Gasteiger charge is 2.23. The van der Waals surface area contributed by atoms with Crippen LogP contribution in [0.3, 0.4) is 0 Å². The van der Waals surface area contributed by atoms with Crippen molar-refractivity contribution in [2.45, 2.75) is 26.7 Å². The van der Waals surface area contributed by atoms with Crippen molar-refractivity contribution in [1.29, 1.82) is 0 Å². The van der Waals surface area contributed by atoms with Gasteiger partial charge in [-0.1, -0.05) is 25.4 Å². The van der Waals surface area contributed by atoms with Crippen LogP contribution in [0.5, 0.6) is 0 Å². The molecule has 0 saturated carbocycles. The molecule has 1 rings (SSSR count). The smallest absolute Gasteiger partial charge is 0.299 e. The third kappa shape index (κ3) is 3.43. The summed E-state index contributed by atoms with van der Waals surface area (Å²) in [7, 11) is 0. The Morgan fingerprint density at radius 2 is 2.00 bits per heavy atom. The maximum Gasteiger partial charge on any atom is 0.299 e. The molecule has 1 aromatic rings. The lowest BCUT2D eigenvalue weighted by atomic mass is 10.3. The Morgan fingerprint density at radius 3 is 2.39 bits per heavy atom. The summed E-state index contributed by atoms with van der Waals surface area (Å²) in [5.41, 5.74) is -0.196. The van der Waals surface area contributed by atoms with Crippen molar-refractivity contribution in [3.8, 4) is 0 Å². The second-order valence-electron chi connectivity index (χ2n) is 3.82. The lowest BCUT2D eigenvalue weighted by Crippen LogP contribution is -2.31. The van der Waals surface area contributed by atoms with E-state index < -0.39 is 4.92 Å². The minimum absolute atomic E-state index is 0.0521. The molecule has 0 unspecified atom stereocenters. The molecule has 0 N–H and O–H groups in total. The van der Waals surface area contributed by atoms with Crippen LogP contribution in [0.2, 0.25) is 4.34 Å². The fraction of sp³-hybridized carbons (Fsp3) is 0.545. The van der Waals surface area contributed by atoms with Gasteiger partial charge in [-0.05, 0) is 12.8 Å². The highest BCUT2D eigenvalue weighted by atomic mass is 35.5. The molecule has 100 valence electrons. The van der Waals surface area contributed by atoms with E-state index in [1.54, 1.807) is 4.90 Å². The van der Waals surface area contributed by atoms with Crippen molar-refractivity contribution < 1.29 is 9.72 Å². The zero-order chi connectivity index (χ0) is 13.7. The zero-order valence-electron chi connectivity index (χ0n) is 10.3. The molecular formula is C11H15ClN2O3S. The molecule has 0 aliphatic rings. The molecule has 1 aromatic heterocycles. The summed E-state index contributed by atoms with van der Waals surface area (Å²) in [5.74, 6) is -0.182. The Hall–Kier alpha value is -1.14. The molecule has 18 heavy (non-hydrogen) atoms. The highest BCUT2D eigenvalue weighted by Crippen LogP contribution is 2.34. The molecule has 7 heteroatoms. The van der Waals surface area contributed by atoms with Gasteiger partial charge in [-0.3, -0.25) is 14.9 Å². The van der Waals surface area contributed by atoms with E-state index in [-0.39, 0.29) is 15.9 Å². The summed E-state index contributed by atoms with van der Waals surface area (Å²) in [6.07, 6.45) is 1.71. The van der Waals surface area contributed by atoms with E-state index in [0.717, 1.165) is 24.2 Å². The van der Waals surface area contributed by atoms with Gasteiger partial charge in [0.05, 0.1) is 4.92 Å². The molecule has 0 atom stereocenters. The minimum atomic E-state index is -0.570. The summed E-state index contributed by atoms with van der Waals surface area (Å²) in [6.45, 7) is 5.27. The second-order valence-corrected chi connectivity index (χ2v) is 5.47. The Morgan fingerprint density at radius 1 is 1.44 bits per heavy atom. The van der Waals surface area contributed by atoms with Crippen LogP contribution in [0.25, 0.3) is 0 Å². The van der Waals surface area contributed by atoms with Crippen LogP contribution in [0.15, 0.2) is 6.07 Å². The summed E-state index contributed by atoms with van der Waals surface area (Å²) in [4.78, 5) is 24.3. The maximum atomic E-state index is 12.2. The van der Waals surface area contributed by atoms with Crippen LogP contribution < -0.4 is 0 Å². The van der Waals surface area contributed by atoms with Gasteiger partial charge in [0.1, 0.15) is 4.88 Å². The van der Waals surface area contributed by atoms with E-state index in [0.29, 0.717) is 18.0 Å². The van der Waals surface area contributed by atoms with Gasteiger partial charge in [-0.2, -0.15) is 0 Å². The van der Waals surface area contributed by atoms with Crippen molar-refractivity contribution in [3.63, 3.8) is 0 Å². The number of nitrogens with zero attached hydrogens (tertiary/aromatic N) is 2. The van der Waals surface area contributed by atoms with Crippen molar-refractivity contribution in [1.82, 2.24) is 4.90 Å². The van der Waals surface area contributed by atoms with Gasteiger partial charge in [-0.25, -0.2) is 0 Å². The van der Waals surface area contributed by atoms with Gasteiger partial charge in [0.15, 0.2) is 4.34 Å². The third-order valence-electron chi connectivity index (χ3n) is 2.35. The predicted octanol–water partition coefficient (Wildman–Crippen LogP) is 3.57. The fourth-order valence-electron chi connectivity index (χ4n) is 1.60. The Bertz CT molecular complexity index is 441. The molecule has 0 aromatic carbocycles. The van der Waals surface area contributed by atoms with Gasteiger partial charge >= 0.3 is 0 Å². The van der Waals surface area contributed by atoms with Crippen LogP contribution >= 0.6 is 22.9 Å². The molecule has 0 bridgehead atoms. The predicted molar refractivity (Wildman–Crippen MR) is 72.5 cm³/mol. The number of hydrogen-bond acceptors (Lipinski definition) is 4. The molecule has 0 saturated heterocycles. The average Bonchev–Trinajstić information content (AvgIpc) is 2.70. The number of carbonyl (C=O) groups excluding carboxylic acids is 1. The molecule has 0 aliphatic heterocycles. The highest BCUT2D eigenvalue weighted by molar-refractivity contribution is 7.18. The Kier molecular flexibility index (Phi) is 5.55. The second kappa shape index (κ2) is 6.70. The number of halogens is 1. The monoisotopic (exact) mass is 290 g/mol. The van der Waals surface area contributed by atoms with Gasteiger partial charge < -0.3 is 4.90 Å². The van der Waals surface area contributed by atoms with Crippen molar-refractivity contribution in [2.24, 2.45) is 0 Å². The van der Waals surface area contributed by atoms with Gasteiger partial charge in [0.25, 0.3) is 11.6 Å². The van der Waals surface area contributed by atoms with E-state index in [2.05, 4.69) is 0 Å². The van der Waals surface area contributed by atoms with Crippen molar-refractivity contribution in [3.05, 3.63) is 25.4 Å². The molecular weight excluding hydrogens is 276 g/mol. The summed E-state index contributed by atoms with van der Waals surface area (Å²) >= 11 is 6.71. The summed E-state index contributed by atoms with van der Waals surface area (Å²) < 4.78 is 0.0521. The van der Waals surface area contributed by atoms with Crippen LogP contribution in [0.1, 0.15) is 36.4 Å². The maximum absolute atomic E-state index is 12.2. The summed E-state index contributed by atoms with van der Waals surface area (Å²) in [6, 6.07) is 1.26. The van der Waals surface area contributed by atoms with Gasteiger partial charge in [0.2, 0.25) is 0 Å². The largest absolute Gasteiger partial charge is 0.338 e. The Balaban J connectivity index is 2.94. The average molecular weight is 291 g/mol. The molecule has 1 amide bonds. The molecule has 0 radical (unpaired) electrons. The number of amides is 1. The molecule has 5 nitrogen and oxygen atoms in total. The van der Waals surface area contributed by atoms with Crippen molar-refractivity contribution >= 4 is 34.5 Å². The van der Waals surface area contributed by atoms with Crippen LogP contribution in [-0.4, -0.2) is 28.8 Å². The molecule has 1 heterocycles. The van der Waals surface area contributed by atoms with E-state index in [1.165, 1.54) is 6.07 Å². The fourth-order valence-corrected chi connectivity index (χ4v) is 2.79. The number of rotatable bonds is 6. The first-order valence-electron chi connectivity index (χ1n) is 5.74. The first-order chi connectivity index (χ1) is 8.51. The van der Waals surface area contributed by atoms with Gasteiger partial charge in [0, 0.05) is 19.2 Å². The van der Waals surface area contributed by atoms with Crippen LogP contribution in [0, 0.1) is 10.1 Å². The van der Waals surface area contributed by atoms with Gasteiger partial charge in [-0.15, -0.1) is 11.3 Å². The molecule has 0 spiro atoms. The number of thiophene rings is 1. The topological polar surface area (TPSA) is 63.5 Å². The molecule has 0 aliphatic carbocycles. The lowest BCUT2D eigenvalue weighted by molar-refractivity contribution is -0.384. The quantitative estimate of drug-likeness (QED) is 0.594. The third-order valence-corrected chi connectivity index (χ3v) is 3.68. The van der Waals surface area contributed by atoms with E-state index >= 15 is 0 Å². The standard InChI is InChI=1S/C11H15ClN2O3S/c1-3-5-13(6-4-2)11(15)9-7-8(14(16)17)10(12)18-9/h7H,3-6H2,1-2H3. The van der Waals surface area contributed by atoms with E-state index in [1.807, 2.05) is 13.8 Å². The minimum Gasteiger partial charge on any atom is -0.338 e. The first-order valence-corrected chi connectivity index (χ1v) is 6.93. The van der Waals surface area contributed by atoms with Crippen LogP contribution in [0.4, 0.5) is 5.69 Å². The SMILES string of the molecule is CCCN(CCC)C(=O)c1cc([N+](=O)[O-])c(Cl)s1. The van der Waals surface area contributed by atoms with E-state index in [9.17, 15) is 14.9 Å². The summed E-state index contributed by atoms with van der Waals surface area (Å²) in [5, 5.41) is 10.7. The number of hydrogen-bond donors (Lipinski definition) is 0. The van der Waals surface area contributed by atoms with Crippen LogP contribution in [-0.2, 0) is 0 Å². The lowest BCUT2D eigenvalue weighted by Gasteiger charge is -2.20. The van der Waals surface area contributed by atoms with E-state index in [4.69, 9.17) is 11.6 Å². The number of carbonyl (C=O) groups is 1.